The predicted molar refractivity (Wildman–Crippen MR) is 62.3 cm³/mol. The van der Waals surface area contributed by atoms with Crippen LogP contribution in [0.15, 0.2) is 0 Å². The highest BCUT2D eigenvalue weighted by atomic mass is 32.2. The van der Waals surface area contributed by atoms with Crippen LogP contribution in [-0.2, 0) is 10.0 Å². The topological polar surface area (TPSA) is 49.4 Å². The highest BCUT2D eigenvalue weighted by Gasteiger charge is 2.39. The van der Waals surface area contributed by atoms with Gasteiger partial charge >= 0.3 is 0 Å². The molecule has 5 heteroatoms. The van der Waals surface area contributed by atoms with Crippen molar-refractivity contribution < 1.29 is 8.42 Å². The number of nitrogens with zero attached hydrogens (tertiary/aromatic N) is 1. The van der Waals surface area contributed by atoms with Gasteiger partial charge in [0.15, 0.2) is 0 Å². The fraction of sp³-hybridized carbons (Fsp3) is 1.00. The molecule has 1 heterocycles. The molecule has 0 aromatic carbocycles. The van der Waals surface area contributed by atoms with Gasteiger partial charge in [-0.05, 0) is 46.7 Å². The van der Waals surface area contributed by atoms with Gasteiger partial charge in [0.25, 0.3) is 0 Å². The normalized spacial score (nSPS) is 22.1. The monoisotopic (exact) mass is 234 g/mol. The van der Waals surface area contributed by atoms with E-state index < -0.39 is 10.0 Å². The van der Waals surface area contributed by atoms with Gasteiger partial charge in [0.05, 0.1) is 5.75 Å². The molecule has 0 atom stereocenters. The first-order chi connectivity index (χ1) is 6.90. The largest absolute Gasteiger partial charge is 0.320 e. The third kappa shape index (κ3) is 3.16. The van der Waals surface area contributed by atoms with Crippen molar-refractivity contribution in [1.82, 2.24) is 9.62 Å². The van der Waals surface area contributed by atoms with Gasteiger partial charge < -0.3 is 5.32 Å². The van der Waals surface area contributed by atoms with E-state index in [1.54, 1.807) is 4.31 Å². The van der Waals surface area contributed by atoms with Crippen LogP contribution in [0.25, 0.3) is 0 Å². The van der Waals surface area contributed by atoms with Crippen LogP contribution in [0, 0.1) is 0 Å². The van der Waals surface area contributed by atoms with E-state index in [1.165, 1.54) is 0 Å². The zero-order valence-corrected chi connectivity index (χ0v) is 10.7. The molecule has 1 aliphatic heterocycles. The number of nitrogens with one attached hydrogen (secondary N) is 1. The van der Waals surface area contributed by atoms with Crippen molar-refractivity contribution in [1.29, 1.82) is 0 Å². The van der Waals surface area contributed by atoms with Crippen LogP contribution in [0.2, 0.25) is 0 Å². The fourth-order valence-corrected chi connectivity index (χ4v) is 4.12. The highest BCUT2D eigenvalue weighted by molar-refractivity contribution is 7.89. The van der Waals surface area contributed by atoms with E-state index in [1.807, 2.05) is 20.9 Å². The Morgan fingerprint density at radius 2 is 2.07 bits per heavy atom. The van der Waals surface area contributed by atoms with Gasteiger partial charge in [-0.1, -0.05) is 0 Å². The van der Waals surface area contributed by atoms with E-state index in [-0.39, 0.29) is 11.3 Å². The summed E-state index contributed by atoms with van der Waals surface area (Å²) in [5.41, 5.74) is -0.182. The maximum Gasteiger partial charge on any atom is 0.214 e. The van der Waals surface area contributed by atoms with Gasteiger partial charge in [0, 0.05) is 12.1 Å². The second-order valence-corrected chi connectivity index (χ2v) is 6.77. The molecule has 15 heavy (non-hydrogen) atoms. The second-order valence-electron chi connectivity index (χ2n) is 4.76. The average Bonchev–Trinajstić information content (AvgIpc) is 2.46. The number of hydrogen-bond acceptors (Lipinski definition) is 3. The van der Waals surface area contributed by atoms with Crippen molar-refractivity contribution in [3.63, 3.8) is 0 Å². The van der Waals surface area contributed by atoms with Crippen molar-refractivity contribution in [2.24, 2.45) is 0 Å². The predicted octanol–water partition coefficient (Wildman–Crippen LogP) is 0.800. The summed E-state index contributed by atoms with van der Waals surface area (Å²) in [6.07, 6.45) is 2.64. The minimum absolute atomic E-state index is 0.182. The molecule has 1 fully saturated rings. The SMILES string of the molecule is CNCCCS(=O)(=O)N1CCCC1(C)C. The Balaban J connectivity index is 2.61. The molecule has 0 bridgehead atoms. The lowest BCUT2D eigenvalue weighted by molar-refractivity contribution is 0.291. The molecule has 0 spiro atoms. The van der Waals surface area contributed by atoms with Crippen LogP contribution in [0.1, 0.15) is 33.1 Å². The van der Waals surface area contributed by atoms with Crippen LogP contribution in [0.5, 0.6) is 0 Å². The lowest BCUT2D eigenvalue weighted by Crippen LogP contribution is -2.43. The molecule has 1 aliphatic rings. The quantitative estimate of drug-likeness (QED) is 0.716. The molecule has 0 aliphatic carbocycles. The molecule has 4 nitrogen and oxygen atoms in total. The molecule has 0 radical (unpaired) electrons. The molecule has 0 saturated carbocycles. The van der Waals surface area contributed by atoms with Gasteiger partial charge in [-0.25, -0.2) is 8.42 Å². The van der Waals surface area contributed by atoms with Gasteiger partial charge in [-0.3, -0.25) is 0 Å². The molecule has 0 amide bonds. The summed E-state index contributed by atoms with van der Waals surface area (Å²) in [5.74, 6) is 0.261. The molecule has 1 rings (SSSR count). The van der Waals surface area contributed by atoms with Gasteiger partial charge in [-0.2, -0.15) is 4.31 Å². The third-order valence-corrected chi connectivity index (χ3v) is 5.14. The summed E-state index contributed by atoms with van der Waals surface area (Å²) in [6.45, 7) is 5.47. The first-order valence-electron chi connectivity index (χ1n) is 5.55. The van der Waals surface area contributed by atoms with Gasteiger partial charge in [0.1, 0.15) is 0 Å². The van der Waals surface area contributed by atoms with E-state index in [2.05, 4.69) is 5.32 Å². The van der Waals surface area contributed by atoms with E-state index >= 15 is 0 Å². The molecule has 0 unspecified atom stereocenters. The zero-order valence-electron chi connectivity index (χ0n) is 9.91. The first kappa shape index (κ1) is 12.9. The second kappa shape index (κ2) is 4.80. The van der Waals surface area contributed by atoms with Crippen molar-refractivity contribution in [2.75, 3.05) is 25.9 Å². The Hall–Kier alpha value is -0.130. The summed E-state index contributed by atoms with van der Waals surface area (Å²) in [4.78, 5) is 0. The molecule has 90 valence electrons. The number of rotatable bonds is 5. The lowest BCUT2D eigenvalue weighted by Gasteiger charge is -2.30. The van der Waals surface area contributed by atoms with Crippen LogP contribution in [-0.4, -0.2) is 44.2 Å². The fourth-order valence-electron chi connectivity index (χ4n) is 2.14. The Labute approximate surface area is 93.1 Å². The average molecular weight is 234 g/mol. The van der Waals surface area contributed by atoms with Crippen molar-refractivity contribution >= 4 is 10.0 Å². The van der Waals surface area contributed by atoms with Crippen LogP contribution >= 0.6 is 0 Å². The Morgan fingerprint density at radius 1 is 1.40 bits per heavy atom. The maximum absolute atomic E-state index is 12.0. The van der Waals surface area contributed by atoms with Crippen molar-refractivity contribution in [3.8, 4) is 0 Å². The third-order valence-electron chi connectivity index (χ3n) is 2.99. The molecule has 1 saturated heterocycles. The van der Waals surface area contributed by atoms with E-state index in [4.69, 9.17) is 0 Å². The minimum atomic E-state index is -3.05. The highest BCUT2D eigenvalue weighted by Crippen LogP contribution is 2.31. The van der Waals surface area contributed by atoms with Crippen LogP contribution in [0.4, 0.5) is 0 Å². The maximum atomic E-state index is 12.0. The van der Waals surface area contributed by atoms with E-state index in [9.17, 15) is 8.42 Å². The standard InChI is InChI=1S/C10H22N2O2S/c1-10(2)6-4-8-12(10)15(13,14)9-5-7-11-3/h11H,4-9H2,1-3H3. The Morgan fingerprint density at radius 3 is 2.53 bits per heavy atom. The Kier molecular flexibility index (Phi) is 4.14. The van der Waals surface area contributed by atoms with Crippen LogP contribution in [0.3, 0.4) is 0 Å². The van der Waals surface area contributed by atoms with Crippen LogP contribution < -0.4 is 5.32 Å². The van der Waals surface area contributed by atoms with Gasteiger partial charge in [-0.15, -0.1) is 0 Å². The summed E-state index contributed by atoms with van der Waals surface area (Å²) in [7, 11) is -1.21. The first-order valence-corrected chi connectivity index (χ1v) is 7.16. The molecule has 1 N–H and O–H groups in total. The summed E-state index contributed by atoms with van der Waals surface area (Å²) >= 11 is 0. The summed E-state index contributed by atoms with van der Waals surface area (Å²) in [6, 6.07) is 0. The molecular formula is C10H22N2O2S. The van der Waals surface area contributed by atoms with Crippen molar-refractivity contribution in [3.05, 3.63) is 0 Å². The smallest absolute Gasteiger partial charge is 0.214 e. The number of hydrogen-bond donors (Lipinski definition) is 1. The van der Waals surface area contributed by atoms with E-state index in [0.29, 0.717) is 13.0 Å². The summed E-state index contributed by atoms with van der Waals surface area (Å²) in [5, 5.41) is 2.97. The zero-order chi connectivity index (χ0) is 11.5. The van der Waals surface area contributed by atoms with E-state index in [0.717, 1.165) is 19.4 Å². The van der Waals surface area contributed by atoms with Crippen molar-refractivity contribution in [2.45, 2.75) is 38.6 Å². The molecular weight excluding hydrogens is 212 g/mol. The minimum Gasteiger partial charge on any atom is -0.320 e. The molecule has 0 aromatic heterocycles. The number of sulfonamides is 1. The lowest BCUT2D eigenvalue weighted by atomic mass is 10.0. The molecule has 0 aromatic rings. The van der Waals surface area contributed by atoms with Gasteiger partial charge in [0.2, 0.25) is 10.0 Å². The summed E-state index contributed by atoms with van der Waals surface area (Å²) < 4.78 is 25.7. The Bertz CT molecular complexity index is 299.